The third-order valence-corrected chi connectivity index (χ3v) is 13.9. The number of hydrogen-bond donors (Lipinski definition) is 0. The van der Waals surface area contributed by atoms with Gasteiger partial charge in [-0.25, -0.2) is 0 Å². The van der Waals surface area contributed by atoms with Gasteiger partial charge in [0, 0.05) is 47.9 Å². The minimum absolute atomic E-state index is 0.104. The number of fused-ring (bicyclic) bond motifs is 9. The Morgan fingerprint density at radius 3 is 1.86 bits per heavy atom. The van der Waals surface area contributed by atoms with Gasteiger partial charge in [-0.15, -0.1) is 11.3 Å². The van der Waals surface area contributed by atoms with Gasteiger partial charge in [0.25, 0.3) is 0 Å². The molecule has 2 aliphatic carbocycles. The van der Waals surface area contributed by atoms with Crippen LogP contribution in [-0.2, 0) is 10.8 Å². The molecule has 2 aliphatic rings. The maximum atomic E-state index is 2.49. The molecule has 1 aromatic heterocycles. The Morgan fingerprint density at radius 2 is 1.02 bits per heavy atom. The second kappa shape index (κ2) is 12.1. The molecule has 0 bridgehead atoms. The zero-order valence-electron chi connectivity index (χ0n) is 32.1. The molecule has 0 aliphatic heterocycles. The highest BCUT2D eigenvalue weighted by molar-refractivity contribution is 7.26. The normalized spacial score (nSPS) is 14.4. The zero-order chi connectivity index (χ0) is 37.8. The van der Waals surface area contributed by atoms with Gasteiger partial charge in [0.2, 0.25) is 0 Å². The second-order valence-corrected chi connectivity index (χ2v) is 17.5. The van der Waals surface area contributed by atoms with E-state index in [4.69, 9.17) is 0 Å². The predicted octanol–water partition coefficient (Wildman–Crippen LogP) is 15.5. The van der Waals surface area contributed by atoms with Crippen LogP contribution in [0.3, 0.4) is 0 Å². The van der Waals surface area contributed by atoms with E-state index in [1.807, 2.05) is 11.3 Å². The predicted molar refractivity (Wildman–Crippen MR) is 240 cm³/mol. The number of thiophene rings is 1. The Labute approximate surface area is 333 Å². The maximum Gasteiger partial charge on any atom is 0.0543 e. The number of benzene rings is 8. The van der Waals surface area contributed by atoms with Crippen LogP contribution in [0.4, 0.5) is 17.1 Å². The van der Waals surface area contributed by atoms with Gasteiger partial charge in [-0.2, -0.15) is 0 Å². The minimum Gasteiger partial charge on any atom is -0.310 e. The molecule has 0 unspecified atom stereocenters. The van der Waals surface area contributed by atoms with Crippen LogP contribution in [-0.4, -0.2) is 0 Å². The molecule has 0 spiro atoms. The molecule has 0 saturated carbocycles. The molecular weight excluding hydrogens is 695 g/mol. The minimum atomic E-state index is -0.110. The first kappa shape index (κ1) is 33.1. The van der Waals surface area contributed by atoms with Crippen LogP contribution >= 0.6 is 11.3 Å². The molecule has 0 fully saturated rings. The molecule has 56 heavy (non-hydrogen) atoms. The van der Waals surface area contributed by atoms with Crippen molar-refractivity contribution < 1.29 is 0 Å². The molecule has 0 radical (unpaired) electrons. The van der Waals surface area contributed by atoms with Crippen LogP contribution in [0.2, 0.25) is 0 Å². The summed E-state index contributed by atoms with van der Waals surface area (Å²) >= 11 is 1.89. The monoisotopic (exact) mass is 735 g/mol. The van der Waals surface area contributed by atoms with Gasteiger partial charge in [0.05, 0.1) is 5.69 Å². The first-order valence-electron chi connectivity index (χ1n) is 19.7. The standard InChI is InChI=1S/C54H41NS/c1-53(2)46-25-9-6-19-44(46)50-47(53)26-14-27-48(50)55(36-31-29-34(30-32-36)39-21-13-23-43-41-18-7-10-28-49(41)56-52(39)43)37-16-11-15-35(33-37)38-20-12-22-42-40-17-5-8-24-45(40)54(3,4)51(38)42/h5-33H,1-4H3. The third-order valence-electron chi connectivity index (χ3n) is 12.7. The Morgan fingerprint density at radius 1 is 0.411 bits per heavy atom. The summed E-state index contributed by atoms with van der Waals surface area (Å²) in [6, 6.07) is 65.7. The Hall–Kier alpha value is -6.22. The third kappa shape index (κ3) is 4.72. The highest BCUT2D eigenvalue weighted by Gasteiger charge is 2.39. The van der Waals surface area contributed by atoms with E-state index in [-0.39, 0.29) is 10.8 Å². The lowest BCUT2D eigenvalue weighted by Gasteiger charge is -2.30. The van der Waals surface area contributed by atoms with Crippen molar-refractivity contribution >= 4 is 48.6 Å². The summed E-state index contributed by atoms with van der Waals surface area (Å²) in [6.07, 6.45) is 0. The van der Waals surface area contributed by atoms with Crippen molar-refractivity contribution in [2.45, 2.75) is 38.5 Å². The van der Waals surface area contributed by atoms with E-state index >= 15 is 0 Å². The van der Waals surface area contributed by atoms with Crippen molar-refractivity contribution in [2.75, 3.05) is 4.90 Å². The molecule has 1 heterocycles. The Balaban J connectivity index is 1.10. The second-order valence-electron chi connectivity index (χ2n) is 16.5. The molecule has 268 valence electrons. The summed E-state index contributed by atoms with van der Waals surface area (Å²) in [6.45, 7) is 9.49. The quantitative estimate of drug-likeness (QED) is 0.170. The van der Waals surface area contributed by atoms with E-state index in [1.54, 1.807) is 0 Å². The van der Waals surface area contributed by atoms with Crippen molar-refractivity contribution in [3.8, 4) is 44.5 Å². The number of nitrogens with zero attached hydrogens (tertiary/aromatic N) is 1. The molecular formula is C54H41NS. The molecule has 8 aromatic carbocycles. The van der Waals surface area contributed by atoms with Gasteiger partial charge in [0.15, 0.2) is 0 Å². The topological polar surface area (TPSA) is 3.24 Å². The van der Waals surface area contributed by atoms with Gasteiger partial charge in [0.1, 0.15) is 0 Å². The average molecular weight is 736 g/mol. The van der Waals surface area contributed by atoms with E-state index in [9.17, 15) is 0 Å². The van der Waals surface area contributed by atoms with Crippen LogP contribution in [0, 0.1) is 0 Å². The number of hydrogen-bond acceptors (Lipinski definition) is 2. The summed E-state index contributed by atoms with van der Waals surface area (Å²) in [7, 11) is 0. The highest BCUT2D eigenvalue weighted by atomic mass is 32.1. The number of rotatable bonds is 5. The molecule has 11 rings (SSSR count). The molecule has 0 amide bonds. The molecule has 9 aromatic rings. The van der Waals surface area contributed by atoms with Crippen molar-refractivity contribution in [1.29, 1.82) is 0 Å². The van der Waals surface area contributed by atoms with E-state index in [1.165, 1.54) is 92.6 Å². The molecule has 0 saturated heterocycles. The first-order chi connectivity index (χ1) is 27.3. The van der Waals surface area contributed by atoms with E-state index in [2.05, 4.69) is 209 Å². The van der Waals surface area contributed by atoms with Crippen LogP contribution in [0.5, 0.6) is 0 Å². The molecule has 0 N–H and O–H groups in total. The summed E-state index contributed by atoms with van der Waals surface area (Å²) in [5, 5.41) is 2.65. The van der Waals surface area contributed by atoms with E-state index in [0.717, 1.165) is 11.4 Å². The maximum absolute atomic E-state index is 2.49. The van der Waals surface area contributed by atoms with Crippen molar-refractivity contribution in [2.24, 2.45) is 0 Å². The Bertz CT molecular complexity index is 3030. The fourth-order valence-electron chi connectivity index (χ4n) is 10.0. The lowest BCUT2D eigenvalue weighted by atomic mass is 9.79. The van der Waals surface area contributed by atoms with Crippen LogP contribution in [0.1, 0.15) is 49.9 Å². The van der Waals surface area contributed by atoms with Crippen LogP contribution in [0.25, 0.3) is 64.7 Å². The van der Waals surface area contributed by atoms with Crippen molar-refractivity contribution in [3.63, 3.8) is 0 Å². The van der Waals surface area contributed by atoms with Crippen molar-refractivity contribution in [3.05, 3.63) is 198 Å². The van der Waals surface area contributed by atoms with Crippen molar-refractivity contribution in [1.82, 2.24) is 0 Å². The smallest absolute Gasteiger partial charge is 0.0543 e. The average Bonchev–Trinajstić information content (AvgIpc) is 3.82. The fraction of sp³-hybridized carbons (Fsp3) is 0.111. The summed E-state index contributed by atoms with van der Waals surface area (Å²) < 4.78 is 2.67. The SMILES string of the molecule is CC1(C)c2ccccc2-c2c(N(c3ccc(-c4cccc5c4sc4ccccc45)cc3)c3cccc(-c4cccc5c4C(C)(C)c4ccccc4-5)c3)cccc21. The van der Waals surface area contributed by atoms with Gasteiger partial charge in [-0.3, -0.25) is 0 Å². The summed E-state index contributed by atoms with van der Waals surface area (Å²) in [5.74, 6) is 0. The molecule has 0 atom stereocenters. The fourth-order valence-corrected chi connectivity index (χ4v) is 11.3. The summed E-state index contributed by atoms with van der Waals surface area (Å²) in [4.78, 5) is 2.49. The molecule has 2 heteroatoms. The van der Waals surface area contributed by atoms with Gasteiger partial charge >= 0.3 is 0 Å². The summed E-state index contributed by atoms with van der Waals surface area (Å²) in [5.41, 5.74) is 19.2. The first-order valence-corrected chi connectivity index (χ1v) is 20.5. The van der Waals surface area contributed by atoms with Gasteiger partial charge < -0.3 is 4.90 Å². The highest BCUT2D eigenvalue weighted by Crippen LogP contribution is 2.55. The number of anilines is 3. The zero-order valence-corrected chi connectivity index (χ0v) is 32.9. The van der Waals surface area contributed by atoms with Crippen LogP contribution in [0.15, 0.2) is 176 Å². The van der Waals surface area contributed by atoms with Gasteiger partial charge in [-0.1, -0.05) is 167 Å². The van der Waals surface area contributed by atoms with Gasteiger partial charge in [-0.05, 0) is 97.6 Å². The van der Waals surface area contributed by atoms with Crippen LogP contribution < -0.4 is 4.90 Å². The molecule has 1 nitrogen and oxygen atoms in total. The lowest BCUT2D eigenvalue weighted by molar-refractivity contribution is 0.660. The van der Waals surface area contributed by atoms with E-state index < -0.39 is 0 Å². The largest absolute Gasteiger partial charge is 0.310 e. The van der Waals surface area contributed by atoms with E-state index in [0.29, 0.717) is 0 Å². The lowest BCUT2D eigenvalue weighted by Crippen LogP contribution is -2.16. The Kier molecular flexibility index (Phi) is 7.18.